The molecule has 136 valence electrons. The summed E-state index contributed by atoms with van der Waals surface area (Å²) in [6, 6.07) is 14.7. The van der Waals surface area contributed by atoms with Gasteiger partial charge in [0.05, 0.1) is 0 Å². The number of hydrogen-bond donors (Lipinski definition) is 0. The topological polar surface area (TPSA) is 69.1 Å². The van der Waals surface area contributed by atoms with Crippen LogP contribution in [0, 0.1) is 0 Å². The van der Waals surface area contributed by atoms with Crippen molar-refractivity contribution in [1.29, 1.82) is 0 Å². The summed E-state index contributed by atoms with van der Waals surface area (Å²) in [7, 11) is 0. The number of benzene rings is 2. The number of aryl methyl sites for hydroxylation is 1. The monoisotopic (exact) mass is 398 g/mol. The summed E-state index contributed by atoms with van der Waals surface area (Å²) < 4.78 is 11.0. The van der Waals surface area contributed by atoms with Crippen molar-refractivity contribution >= 4 is 34.3 Å². The van der Waals surface area contributed by atoms with Crippen LogP contribution in [0.4, 0.5) is 0 Å². The van der Waals surface area contributed by atoms with Crippen LogP contribution in [0.15, 0.2) is 67.4 Å². The van der Waals surface area contributed by atoms with Gasteiger partial charge in [-0.3, -0.25) is 0 Å². The second kappa shape index (κ2) is 7.58. The maximum atomic E-state index is 11.9. The summed E-state index contributed by atoms with van der Waals surface area (Å²) in [4.78, 5) is 11.9. The molecule has 0 saturated heterocycles. The minimum absolute atomic E-state index is 0.391. The first kappa shape index (κ1) is 17.8. The van der Waals surface area contributed by atoms with E-state index in [1.807, 2.05) is 49.4 Å². The minimum atomic E-state index is -0.391. The van der Waals surface area contributed by atoms with Crippen molar-refractivity contribution in [1.82, 2.24) is 10.2 Å². The number of nitrogens with zero attached hydrogens (tertiary/aromatic N) is 2. The van der Waals surface area contributed by atoms with Gasteiger partial charge in [-0.1, -0.05) is 48.5 Å². The Labute approximate surface area is 164 Å². The summed E-state index contributed by atoms with van der Waals surface area (Å²) in [6.07, 6.45) is 0.766. The molecule has 0 fully saturated rings. The van der Waals surface area contributed by atoms with Crippen molar-refractivity contribution in [2.45, 2.75) is 24.3 Å². The third kappa shape index (κ3) is 3.77. The molecule has 0 saturated carbocycles. The van der Waals surface area contributed by atoms with E-state index < -0.39 is 5.63 Å². The molecular weight excluding hydrogens is 384 g/mol. The Hall–Kier alpha value is -2.57. The van der Waals surface area contributed by atoms with Crippen molar-refractivity contribution in [3.05, 3.63) is 75.1 Å². The lowest BCUT2D eigenvalue weighted by Crippen LogP contribution is -2.00. The smallest absolute Gasteiger partial charge is 0.336 e. The van der Waals surface area contributed by atoms with Crippen molar-refractivity contribution in [3.8, 4) is 11.5 Å². The maximum Gasteiger partial charge on any atom is 0.336 e. The molecule has 7 heteroatoms. The molecular formula is C20H15ClN2O3S. The van der Waals surface area contributed by atoms with Crippen LogP contribution in [0.5, 0.6) is 0 Å². The quantitative estimate of drug-likeness (QED) is 0.333. The van der Waals surface area contributed by atoms with E-state index in [-0.39, 0.29) is 0 Å². The average Bonchev–Trinajstić information content (AvgIpc) is 3.16. The molecule has 0 bridgehead atoms. The number of thioether (sulfide) groups is 1. The van der Waals surface area contributed by atoms with E-state index in [2.05, 4.69) is 10.2 Å². The van der Waals surface area contributed by atoms with Crippen LogP contribution in [-0.2, 0) is 12.2 Å². The van der Waals surface area contributed by atoms with Crippen molar-refractivity contribution < 1.29 is 8.83 Å². The first-order valence-corrected chi connectivity index (χ1v) is 9.77. The van der Waals surface area contributed by atoms with Crippen LogP contribution in [0.25, 0.3) is 22.4 Å². The molecule has 2 heterocycles. The summed E-state index contributed by atoms with van der Waals surface area (Å²) >= 11 is 7.70. The Balaban J connectivity index is 1.62. The van der Waals surface area contributed by atoms with Gasteiger partial charge in [-0.15, -0.1) is 10.2 Å². The fraction of sp³-hybridized carbons (Fsp3) is 0.150. The number of aromatic nitrogens is 2. The Morgan fingerprint density at radius 3 is 2.63 bits per heavy atom. The predicted octanol–water partition coefficient (Wildman–Crippen LogP) is 5.35. The highest BCUT2D eigenvalue weighted by molar-refractivity contribution is 7.98. The average molecular weight is 399 g/mol. The first-order chi connectivity index (χ1) is 13.1. The molecule has 0 N–H and O–H groups in total. The Kier molecular flexibility index (Phi) is 5.01. The zero-order valence-corrected chi connectivity index (χ0v) is 16.0. The molecule has 4 aromatic rings. The van der Waals surface area contributed by atoms with E-state index in [4.69, 9.17) is 20.4 Å². The standard InChI is InChI=1S/C20H15ClN2O3S/c1-2-12-8-17-15(10-16(12)21)14(9-18(24)25-17)11-27-20-23-22-19(26-20)13-6-4-3-5-7-13/h3-10H,2,11H2,1H3. The molecule has 27 heavy (non-hydrogen) atoms. The van der Waals surface area contributed by atoms with Crippen LogP contribution in [-0.4, -0.2) is 10.2 Å². The van der Waals surface area contributed by atoms with E-state index in [1.165, 1.54) is 17.8 Å². The van der Waals surface area contributed by atoms with E-state index in [0.29, 0.717) is 27.5 Å². The second-order valence-electron chi connectivity index (χ2n) is 5.91. The zero-order chi connectivity index (χ0) is 18.8. The molecule has 0 unspecified atom stereocenters. The molecule has 0 aliphatic rings. The predicted molar refractivity (Wildman–Crippen MR) is 106 cm³/mol. The van der Waals surface area contributed by atoms with Gasteiger partial charge < -0.3 is 8.83 Å². The number of hydrogen-bond acceptors (Lipinski definition) is 6. The highest BCUT2D eigenvalue weighted by Crippen LogP contribution is 2.30. The maximum absolute atomic E-state index is 11.9. The third-order valence-corrected chi connectivity index (χ3v) is 5.38. The van der Waals surface area contributed by atoms with Crippen molar-refractivity contribution in [2.75, 3.05) is 0 Å². The van der Waals surface area contributed by atoms with E-state index in [1.54, 1.807) is 0 Å². The normalized spacial score (nSPS) is 11.2. The molecule has 0 aliphatic heterocycles. The molecule has 5 nitrogen and oxygen atoms in total. The Bertz CT molecular complexity index is 1160. The van der Waals surface area contributed by atoms with Gasteiger partial charge in [0.25, 0.3) is 5.22 Å². The van der Waals surface area contributed by atoms with Crippen molar-refractivity contribution in [3.63, 3.8) is 0 Å². The summed E-state index contributed by atoms with van der Waals surface area (Å²) in [6.45, 7) is 2.00. The molecule has 0 atom stereocenters. The summed E-state index contributed by atoms with van der Waals surface area (Å²) in [5, 5.41) is 10.1. The first-order valence-electron chi connectivity index (χ1n) is 8.41. The SMILES string of the molecule is CCc1cc2oc(=O)cc(CSc3nnc(-c4ccccc4)o3)c2cc1Cl. The van der Waals surface area contributed by atoms with Gasteiger partial charge in [0.2, 0.25) is 5.89 Å². The fourth-order valence-corrected chi connectivity index (χ4v) is 3.84. The van der Waals surface area contributed by atoms with Crippen LogP contribution in [0.1, 0.15) is 18.1 Å². The van der Waals surface area contributed by atoms with Gasteiger partial charge >= 0.3 is 5.63 Å². The van der Waals surface area contributed by atoms with Gasteiger partial charge in [-0.05, 0) is 41.8 Å². The summed E-state index contributed by atoms with van der Waals surface area (Å²) in [5.74, 6) is 0.950. The van der Waals surface area contributed by atoms with Gasteiger partial charge in [-0.2, -0.15) is 0 Å². The molecule has 2 aromatic carbocycles. The van der Waals surface area contributed by atoms with E-state index in [9.17, 15) is 4.79 Å². The van der Waals surface area contributed by atoms with Crippen LogP contribution >= 0.6 is 23.4 Å². The molecule has 4 rings (SSSR count). The van der Waals surface area contributed by atoms with E-state index in [0.717, 1.165) is 28.5 Å². The van der Waals surface area contributed by atoms with Gasteiger partial charge in [0.1, 0.15) is 5.58 Å². The lowest BCUT2D eigenvalue weighted by Gasteiger charge is -2.07. The lowest BCUT2D eigenvalue weighted by molar-refractivity contribution is 0.466. The molecule has 0 amide bonds. The highest BCUT2D eigenvalue weighted by atomic mass is 35.5. The highest BCUT2D eigenvalue weighted by Gasteiger charge is 2.13. The van der Waals surface area contributed by atoms with Crippen LogP contribution < -0.4 is 5.63 Å². The minimum Gasteiger partial charge on any atom is -0.423 e. The van der Waals surface area contributed by atoms with Crippen LogP contribution in [0.2, 0.25) is 5.02 Å². The number of fused-ring (bicyclic) bond motifs is 1. The largest absolute Gasteiger partial charge is 0.423 e. The zero-order valence-electron chi connectivity index (χ0n) is 14.4. The van der Waals surface area contributed by atoms with Crippen molar-refractivity contribution in [2.24, 2.45) is 0 Å². The Morgan fingerprint density at radius 1 is 1.04 bits per heavy atom. The summed E-state index contributed by atoms with van der Waals surface area (Å²) in [5.41, 5.74) is 2.77. The van der Waals surface area contributed by atoms with E-state index >= 15 is 0 Å². The molecule has 0 radical (unpaired) electrons. The molecule has 0 spiro atoms. The second-order valence-corrected chi connectivity index (χ2v) is 7.25. The molecule has 0 aliphatic carbocycles. The number of halogens is 1. The van der Waals surface area contributed by atoms with Crippen LogP contribution in [0.3, 0.4) is 0 Å². The lowest BCUT2D eigenvalue weighted by atomic mass is 10.1. The Morgan fingerprint density at radius 2 is 1.85 bits per heavy atom. The van der Waals surface area contributed by atoms with Gasteiger partial charge in [-0.25, -0.2) is 4.79 Å². The fourth-order valence-electron chi connectivity index (χ4n) is 2.78. The van der Waals surface area contributed by atoms with Gasteiger partial charge in [0.15, 0.2) is 0 Å². The molecule has 2 aromatic heterocycles. The third-order valence-electron chi connectivity index (χ3n) is 4.16. The number of rotatable bonds is 5. The van der Waals surface area contributed by atoms with Gasteiger partial charge in [0, 0.05) is 27.8 Å².